The number of benzene rings is 1. The van der Waals surface area contributed by atoms with Crippen LogP contribution in [0.4, 0.5) is 4.79 Å². The fourth-order valence-electron chi connectivity index (χ4n) is 3.48. The predicted molar refractivity (Wildman–Crippen MR) is 94.2 cm³/mol. The third kappa shape index (κ3) is 3.16. The predicted octanol–water partition coefficient (Wildman–Crippen LogP) is 2.96. The number of nitrogens with zero attached hydrogens (tertiary/aromatic N) is 1. The second-order valence-electron chi connectivity index (χ2n) is 7.34. The highest BCUT2D eigenvalue weighted by molar-refractivity contribution is 6.06. The molecule has 1 saturated heterocycles. The lowest BCUT2D eigenvalue weighted by atomic mass is 9.91. The van der Waals surface area contributed by atoms with Crippen LogP contribution in [0.15, 0.2) is 33.5 Å². The summed E-state index contributed by atoms with van der Waals surface area (Å²) in [4.78, 5) is 38.2. The molecule has 0 radical (unpaired) electrons. The largest absolute Gasteiger partial charge is 0.423 e. The quantitative estimate of drug-likeness (QED) is 0.684. The fourth-order valence-corrected chi connectivity index (χ4v) is 3.48. The molecule has 6 heteroatoms. The lowest BCUT2D eigenvalue weighted by Gasteiger charge is -2.23. The number of carbonyl (C=O) groups excluding carboxylic acids is 2. The van der Waals surface area contributed by atoms with Crippen molar-refractivity contribution in [3.05, 3.63) is 45.8 Å². The van der Waals surface area contributed by atoms with Crippen LogP contribution in [-0.2, 0) is 11.3 Å². The minimum absolute atomic E-state index is 0.0452. The summed E-state index contributed by atoms with van der Waals surface area (Å²) < 4.78 is 5.24. The summed E-state index contributed by atoms with van der Waals surface area (Å²) in [7, 11) is 0. The molecule has 132 valence electrons. The van der Waals surface area contributed by atoms with Crippen molar-refractivity contribution in [2.24, 2.45) is 5.92 Å². The van der Waals surface area contributed by atoms with Gasteiger partial charge < -0.3 is 9.73 Å². The van der Waals surface area contributed by atoms with E-state index in [9.17, 15) is 14.4 Å². The van der Waals surface area contributed by atoms with Crippen molar-refractivity contribution in [2.45, 2.75) is 46.2 Å². The molecule has 1 aromatic carbocycles. The zero-order valence-corrected chi connectivity index (χ0v) is 14.9. The molecule has 1 aliphatic rings. The number of amides is 3. The third-order valence-electron chi connectivity index (χ3n) is 4.48. The number of hydrogen-bond acceptors (Lipinski definition) is 4. The zero-order valence-electron chi connectivity index (χ0n) is 14.9. The Morgan fingerprint density at radius 1 is 1.20 bits per heavy atom. The summed E-state index contributed by atoms with van der Waals surface area (Å²) in [6, 6.07) is 6.43. The van der Waals surface area contributed by atoms with Gasteiger partial charge >= 0.3 is 11.7 Å². The van der Waals surface area contributed by atoms with Gasteiger partial charge in [0.2, 0.25) is 0 Å². The summed E-state index contributed by atoms with van der Waals surface area (Å²) in [6.45, 7) is 7.70. The molecule has 0 spiro atoms. The molecule has 1 fully saturated rings. The second-order valence-corrected chi connectivity index (χ2v) is 7.34. The minimum atomic E-state index is -0.906. The molecular weight excluding hydrogens is 320 g/mol. The van der Waals surface area contributed by atoms with E-state index in [-0.39, 0.29) is 18.4 Å². The number of nitrogens with one attached hydrogen (secondary N) is 1. The molecule has 6 nitrogen and oxygen atoms in total. The van der Waals surface area contributed by atoms with Crippen molar-refractivity contribution >= 4 is 22.9 Å². The molecule has 0 unspecified atom stereocenters. The van der Waals surface area contributed by atoms with Gasteiger partial charge in [0.05, 0.1) is 6.54 Å². The van der Waals surface area contributed by atoms with E-state index in [1.807, 2.05) is 32.9 Å². The standard InChI is InChI=1S/C19H22N2O4/c1-11(2)9-19(4)17(23)21(18(24)20-19)10-13-8-16(22)25-15-7-12(3)5-6-14(13)15/h5-8,11H,9-10H2,1-4H3,(H,20,24)/t19-/m0/s1. The number of imide groups is 1. The van der Waals surface area contributed by atoms with Crippen LogP contribution in [0.3, 0.4) is 0 Å². The van der Waals surface area contributed by atoms with E-state index < -0.39 is 17.2 Å². The summed E-state index contributed by atoms with van der Waals surface area (Å²) in [5.74, 6) is 0.00137. The lowest BCUT2D eigenvalue weighted by molar-refractivity contribution is -0.131. The number of fused-ring (bicyclic) bond motifs is 1. The SMILES string of the molecule is Cc1ccc2c(CN3C(=O)N[C@@](C)(CC(C)C)C3=O)cc(=O)oc2c1. The van der Waals surface area contributed by atoms with Gasteiger partial charge in [-0.2, -0.15) is 0 Å². The highest BCUT2D eigenvalue weighted by atomic mass is 16.4. The second kappa shape index (κ2) is 6.02. The Labute approximate surface area is 145 Å². The third-order valence-corrected chi connectivity index (χ3v) is 4.48. The molecule has 2 heterocycles. The Kier molecular flexibility index (Phi) is 4.14. The molecule has 25 heavy (non-hydrogen) atoms. The van der Waals surface area contributed by atoms with E-state index in [1.165, 1.54) is 11.0 Å². The molecule has 1 aromatic heterocycles. The van der Waals surface area contributed by atoms with Crippen LogP contribution in [0.25, 0.3) is 11.0 Å². The van der Waals surface area contributed by atoms with Crippen LogP contribution in [0.1, 0.15) is 38.3 Å². The first-order valence-electron chi connectivity index (χ1n) is 8.37. The minimum Gasteiger partial charge on any atom is -0.423 e. The monoisotopic (exact) mass is 342 g/mol. The van der Waals surface area contributed by atoms with Crippen molar-refractivity contribution in [3.63, 3.8) is 0 Å². The maximum Gasteiger partial charge on any atom is 0.336 e. The molecule has 1 atom stereocenters. The first kappa shape index (κ1) is 17.2. The average molecular weight is 342 g/mol. The van der Waals surface area contributed by atoms with Gasteiger partial charge in [0.25, 0.3) is 5.91 Å². The van der Waals surface area contributed by atoms with E-state index in [0.717, 1.165) is 10.9 Å². The van der Waals surface area contributed by atoms with Crippen molar-refractivity contribution in [2.75, 3.05) is 0 Å². The van der Waals surface area contributed by atoms with E-state index in [1.54, 1.807) is 13.0 Å². The molecule has 1 aliphatic heterocycles. The van der Waals surface area contributed by atoms with Gasteiger partial charge in [-0.05, 0) is 43.4 Å². The number of hydrogen-bond donors (Lipinski definition) is 1. The summed E-state index contributed by atoms with van der Waals surface area (Å²) in [5.41, 5.74) is 0.623. The highest BCUT2D eigenvalue weighted by Gasteiger charge is 2.47. The van der Waals surface area contributed by atoms with Gasteiger partial charge in [0.1, 0.15) is 11.1 Å². The first-order valence-corrected chi connectivity index (χ1v) is 8.37. The van der Waals surface area contributed by atoms with Crippen LogP contribution in [0.5, 0.6) is 0 Å². The summed E-state index contributed by atoms with van der Waals surface area (Å²) in [6.07, 6.45) is 0.560. The summed E-state index contributed by atoms with van der Waals surface area (Å²) in [5, 5.41) is 3.51. The Hall–Kier alpha value is -2.63. The normalized spacial score (nSPS) is 20.6. The molecule has 3 amide bonds. The molecule has 2 aromatic rings. The van der Waals surface area contributed by atoms with Crippen molar-refractivity contribution in [1.29, 1.82) is 0 Å². The first-order chi connectivity index (χ1) is 11.7. The van der Waals surface area contributed by atoms with E-state index in [2.05, 4.69) is 5.32 Å². The van der Waals surface area contributed by atoms with Gasteiger partial charge in [-0.15, -0.1) is 0 Å². The Bertz CT molecular complexity index is 915. The van der Waals surface area contributed by atoms with Crippen molar-refractivity contribution in [1.82, 2.24) is 10.2 Å². The van der Waals surface area contributed by atoms with E-state index >= 15 is 0 Å². The van der Waals surface area contributed by atoms with E-state index in [4.69, 9.17) is 4.42 Å². The lowest BCUT2D eigenvalue weighted by Crippen LogP contribution is -2.44. The Balaban J connectivity index is 1.98. The smallest absolute Gasteiger partial charge is 0.336 e. The van der Waals surface area contributed by atoms with Gasteiger partial charge in [0.15, 0.2) is 0 Å². The fraction of sp³-hybridized carbons (Fsp3) is 0.421. The van der Waals surface area contributed by atoms with Crippen LogP contribution in [0, 0.1) is 12.8 Å². The Morgan fingerprint density at radius 3 is 2.60 bits per heavy atom. The number of carbonyl (C=O) groups is 2. The molecule has 0 aliphatic carbocycles. The topological polar surface area (TPSA) is 79.6 Å². The highest BCUT2D eigenvalue weighted by Crippen LogP contribution is 2.27. The van der Waals surface area contributed by atoms with Gasteiger partial charge in [-0.1, -0.05) is 26.0 Å². The van der Waals surface area contributed by atoms with Crippen LogP contribution >= 0.6 is 0 Å². The molecule has 0 bridgehead atoms. The number of aryl methyl sites for hydroxylation is 1. The number of urea groups is 1. The maximum absolute atomic E-state index is 12.8. The van der Waals surface area contributed by atoms with E-state index in [0.29, 0.717) is 17.6 Å². The van der Waals surface area contributed by atoms with Crippen LogP contribution < -0.4 is 10.9 Å². The zero-order chi connectivity index (χ0) is 18.4. The van der Waals surface area contributed by atoms with Gasteiger partial charge in [-0.25, -0.2) is 9.59 Å². The molecule has 3 rings (SSSR count). The average Bonchev–Trinajstić information content (AvgIpc) is 2.68. The van der Waals surface area contributed by atoms with Crippen molar-refractivity contribution < 1.29 is 14.0 Å². The molecule has 1 N–H and O–H groups in total. The summed E-state index contributed by atoms with van der Waals surface area (Å²) >= 11 is 0. The van der Waals surface area contributed by atoms with Crippen LogP contribution in [-0.4, -0.2) is 22.4 Å². The maximum atomic E-state index is 12.8. The van der Waals surface area contributed by atoms with Crippen molar-refractivity contribution in [3.8, 4) is 0 Å². The van der Waals surface area contributed by atoms with Crippen LogP contribution in [0.2, 0.25) is 0 Å². The van der Waals surface area contributed by atoms with Gasteiger partial charge in [-0.3, -0.25) is 9.69 Å². The number of rotatable bonds is 4. The molecular formula is C19H22N2O4. The molecule has 0 saturated carbocycles. The van der Waals surface area contributed by atoms with Gasteiger partial charge in [0, 0.05) is 11.5 Å². The Morgan fingerprint density at radius 2 is 1.92 bits per heavy atom.